The fourth-order valence-electron chi connectivity index (χ4n) is 1.64. The summed E-state index contributed by atoms with van der Waals surface area (Å²) in [4.78, 5) is 29.1. The number of aryl methyl sites for hydroxylation is 1. The van der Waals surface area contributed by atoms with E-state index in [4.69, 9.17) is 0 Å². The largest absolute Gasteiger partial charge is 0.494 e. The fraction of sp³-hybridized carbons (Fsp3) is 0.250. The first-order valence-electron chi connectivity index (χ1n) is 5.43. The molecule has 2 aromatic heterocycles. The molecule has 0 aliphatic heterocycles. The number of aromatic hydroxyl groups is 1. The van der Waals surface area contributed by atoms with Crippen molar-refractivity contribution in [3.63, 3.8) is 0 Å². The molecule has 0 radical (unpaired) electrons. The summed E-state index contributed by atoms with van der Waals surface area (Å²) in [5, 5.41) is 9.83. The monoisotopic (exact) mass is 247 g/mol. The number of H-pyrrole nitrogens is 1. The summed E-state index contributed by atoms with van der Waals surface area (Å²) in [6, 6.07) is 1.82. The Balaban J connectivity index is 2.55. The van der Waals surface area contributed by atoms with Gasteiger partial charge in [-0.3, -0.25) is 19.3 Å². The molecular formula is C12H13N3O3. The Morgan fingerprint density at radius 3 is 2.78 bits per heavy atom. The van der Waals surface area contributed by atoms with Crippen LogP contribution in [-0.2, 0) is 6.54 Å². The van der Waals surface area contributed by atoms with E-state index >= 15 is 0 Å². The van der Waals surface area contributed by atoms with Crippen molar-refractivity contribution in [2.24, 2.45) is 0 Å². The third kappa shape index (κ3) is 2.04. The lowest BCUT2D eigenvalue weighted by Crippen LogP contribution is -2.31. The van der Waals surface area contributed by atoms with Crippen LogP contribution in [0.1, 0.15) is 16.7 Å². The molecule has 0 bridgehead atoms. The van der Waals surface area contributed by atoms with Gasteiger partial charge in [0.1, 0.15) is 0 Å². The molecule has 94 valence electrons. The van der Waals surface area contributed by atoms with Crippen LogP contribution in [-0.4, -0.2) is 19.6 Å². The Labute approximate surface area is 103 Å². The van der Waals surface area contributed by atoms with Gasteiger partial charge in [0, 0.05) is 12.4 Å². The quantitative estimate of drug-likeness (QED) is 0.799. The van der Waals surface area contributed by atoms with Crippen LogP contribution >= 0.6 is 0 Å². The average Bonchev–Trinajstić information content (AvgIpc) is 2.34. The van der Waals surface area contributed by atoms with Crippen LogP contribution in [0.25, 0.3) is 0 Å². The van der Waals surface area contributed by atoms with Crippen molar-refractivity contribution in [3.05, 3.63) is 56.0 Å². The van der Waals surface area contributed by atoms with E-state index in [9.17, 15) is 14.7 Å². The Morgan fingerprint density at radius 2 is 2.11 bits per heavy atom. The van der Waals surface area contributed by atoms with Crippen LogP contribution < -0.4 is 11.2 Å². The highest BCUT2D eigenvalue weighted by Gasteiger charge is 2.11. The molecule has 0 fully saturated rings. The second-order valence-electron chi connectivity index (χ2n) is 4.10. The molecule has 0 amide bonds. The van der Waals surface area contributed by atoms with E-state index in [0.717, 1.165) is 15.7 Å². The van der Waals surface area contributed by atoms with Gasteiger partial charge in [0.05, 0.1) is 12.1 Å². The van der Waals surface area contributed by atoms with Crippen molar-refractivity contribution >= 4 is 0 Å². The molecular weight excluding hydrogens is 234 g/mol. The number of nitrogens with one attached hydrogen (secondary N) is 1. The van der Waals surface area contributed by atoms with Gasteiger partial charge >= 0.3 is 5.69 Å². The average molecular weight is 247 g/mol. The maximum Gasteiger partial charge on any atom is 0.331 e. The van der Waals surface area contributed by atoms with E-state index in [1.165, 1.54) is 6.92 Å². The molecule has 0 spiro atoms. The molecule has 0 aromatic carbocycles. The third-order valence-corrected chi connectivity index (χ3v) is 2.87. The Morgan fingerprint density at radius 1 is 1.39 bits per heavy atom. The molecule has 0 saturated carbocycles. The fourth-order valence-corrected chi connectivity index (χ4v) is 1.64. The standard InChI is InChI=1S/C12H13N3O3/c1-7-3-4-13-5-9(7)6-15-11(17)8(2)10(16)14-12(15)18/h3-5,17H,6H2,1-2H3,(H,14,16,18). The summed E-state index contributed by atoms with van der Waals surface area (Å²) >= 11 is 0. The van der Waals surface area contributed by atoms with Crippen molar-refractivity contribution in [3.8, 4) is 5.88 Å². The lowest BCUT2D eigenvalue weighted by atomic mass is 10.1. The molecule has 6 nitrogen and oxygen atoms in total. The molecule has 0 aliphatic carbocycles. The SMILES string of the molecule is Cc1ccncc1Cn1c(O)c(C)c(=O)[nH]c1=O. The highest BCUT2D eigenvalue weighted by atomic mass is 16.3. The van der Waals surface area contributed by atoms with Gasteiger partial charge in [0.2, 0.25) is 5.88 Å². The normalized spacial score (nSPS) is 10.6. The number of rotatable bonds is 2. The maximum atomic E-state index is 11.7. The smallest absolute Gasteiger partial charge is 0.331 e. The molecule has 2 aromatic rings. The minimum absolute atomic E-state index is 0.121. The first kappa shape index (κ1) is 12.1. The van der Waals surface area contributed by atoms with Gasteiger partial charge in [0.25, 0.3) is 5.56 Å². The molecule has 0 aliphatic rings. The van der Waals surface area contributed by atoms with Gasteiger partial charge in [-0.1, -0.05) is 0 Å². The predicted octanol–water partition coefficient (Wildman–Crippen LogP) is 0.302. The zero-order valence-electron chi connectivity index (χ0n) is 10.1. The third-order valence-electron chi connectivity index (χ3n) is 2.87. The number of aromatic amines is 1. The van der Waals surface area contributed by atoms with E-state index in [1.54, 1.807) is 12.4 Å². The van der Waals surface area contributed by atoms with Crippen LogP contribution in [0.4, 0.5) is 0 Å². The maximum absolute atomic E-state index is 11.7. The van der Waals surface area contributed by atoms with E-state index in [1.807, 2.05) is 13.0 Å². The molecule has 2 rings (SSSR count). The number of pyridine rings is 1. The highest BCUT2D eigenvalue weighted by Crippen LogP contribution is 2.12. The summed E-state index contributed by atoms with van der Waals surface area (Å²) in [5.41, 5.74) is 0.681. The second-order valence-corrected chi connectivity index (χ2v) is 4.10. The van der Waals surface area contributed by atoms with E-state index in [-0.39, 0.29) is 18.0 Å². The van der Waals surface area contributed by atoms with E-state index < -0.39 is 11.2 Å². The zero-order valence-corrected chi connectivity index (χ0v) is 10.1. The van der Waals surface area contributed by atoms with Crippen LogP contribution in [0, 0.1) is 13.8 Å². The van der Waals surface area contributed by atoms with Crippen molar-refractivity contribution in [1.29, 1.82) is 0 Å². The first-order valence-corrected chi connectivity index (χ1v) is 5.43. The van der Waals surface area contributed by atoms with Crippen LogP contribution in [0.5, 0.6) is 5.88 Å². The van der Waals surface area contributed by atoms with E-state index in [2.05, 4.69) is 9.97 Å². The Bertz CT molecular complexity index is 700. The van der Waals surface area contributed by atoms with Crippen molar-refractivity contribution in [2.75, 3.05) is 0 Å². The molecule has 0 unspecified atom stereocenters. The minimum Gasteiger partial charge on any atom is -0.494 e. The van der Waals surface area contributed by atoms with Gasteiger partial charge in [0.15, 0.2) is 0 Å². The van der Waals surface area contributed by atoms with Gasteiger partial charge in [-0.25, -0.2) is 4.79 Å². The van der Waals surface area contributed by atoms with Crippen molar-refractivity contribution in [1.82, 2.24) is 14.5 Å². The topological polar surface area (TPSA) is 88.0 Å². The highest BCUT2D eigenvalue weighted by molar-refractivity contribution is 5.25. The van der Waals surface area contributed by atoms with Crippen LogP contribution in [0.2, 0.25) is 0 Å². The van der Waals surface area contributed by atoms with Crippen molar-refractivity contribution < 1.29 is 5.11 Å². The Hall–Kier alpha value is -2.37. The van der Waals surface area contributed by atoms with Crippen LogP contribution in [0.15, 0.2) is 28.0 Å². The zero-order chi connectivity index (χ0) is 13.3. The molecule has 2 N–H and O–H groups in total. The Kier molecular flexibility index (Phi) is 3.01. The molecule has 0 atom stereocenters. The van der Waals surface area contributed by atoms with Gasteiger partial charge in [-0.2, -0.15) is 0 Å². The molecule has 2 heterocycles. The summed E-state index contributed by atoms with van der Waals surface area (Å²) in [6.45, 7) is 3.51. The number of nitrogens with zero attached hydrogens (tertiary/aromatic N) is 2. The van der Waals surface area contributed by atoms with E-state index in [0.29, 0.717) is 0 Å². The van der Waals surface area contributed by atoms with Gasteiger partial charge < -0.3 is 5.11 Å². The molecule has 18 heavy (non-hydrogen) atoms. The summed E-state index contributed by atoms with van der Waals surface area (Å²) < 4.78 is 1.11. The molecule has 6 heteroatoms. The van der Waals surface area contributed by atoms with Crippen LogP contribution in [0.3, 0.4) is 0 Å². The van der Waals surface area contributed by atoms with Gasteiger partial charge in [-0.15, -0.1) is 0 Å². The lowest BCUT2D eigenvalue weighted by Gasteiger charge is -2.10. The summed E-state index contributed by atoms with van der Waals surface area (Å²) in [6.07, 6.45) is 3.28. The number of hydrogen-bond acceptors (Lipinski definition) is 4. The minimum atomic E-state index is -0.633. The summed E-state index contributed by atoms with van der Waals surface area (Å²) in [7, 11) is 0. The molecule has 0 saturated heterocycles. The van der Waals surface area contributed by atoms with Crippen molar-refractivity contribution in [2.45, 2.75) is 20.4 Å². The first-order chi connectivity index (χ1) is 8.50. The lowest BCUT2D eigenvalue weighted by molar-refractivity contribution is 0.404. The summed E-state index contributed by atoms with van der Waals surface area (Å²) in [5.74, 6) is -0.313. The number of aromatic nitrogens is 3. The number of hydrogen-bond donors (Lipinski definition) is 2. The van der Waals surface area contributed by atoms with Gasteiger partial charge in [-0.05, 0) is 31.0 Å². The second kappa shape index (κ2) is 4.48. The predicted molar refractivity (Wildman–Crippen MR) is 65.8 cm³/mol.